The van der Waals surface area contributed by atoms with Gasteiger partial charge in [0.15, 0.2) is 0 Å². The van der Waals surface area contributed by atoms with E-state index in [0.717, 1.165) is 11.1 Å². The van der Waals surface area contributed by atoms with Crippen LogP contribution in [0.4, 0.5) is 0 Å². The Morgan fingerprint density at radius 1 is 1.47 bits per heavy atom. The first-order valence-corrected chi connectivity index (χ1v) is 4.38. The van der Waals surface area contributed by atoms with Crippen LogP contribution >= 0.6 is 0 Å². The van der Waals surface area contributed by atoms with Gasteiger partial charge < -0.3 is 5.11 Å². The lowest BCUT2D eigenvalue weighted by Gasteiger charge is -2.02. The maximum Gasteiger partial charge on any atom is 0.339 e. The van der Waals surface area contributed by atoms with Gasteiger partial charge in [-0.15, -0.1) is 0 Å². The Hall–Kier alpha value is -2.17. The van der Waals surface area contributed by atoms with Crippen LogP contribution in [0.2, 0.25) is 0 Å². The molecule has 2 aromatic heterocycles. The Morgan fingerprint density at radius 3 is 2.93 bits per heavy atom. The molecule has 2 rings (SSSR count). The molecule has 0 fully saturated rings. The minimum Gasteiger partial charge on any atom is -0.478 e. The maximum atomic E-state index is 10.9. The smallest absolute Gasteiger partial charge is 0.339 e. The fourth-order valence-corrected chi connectivity index (χ4v) is 1.38. The van der Waals surface area contributed by atoms with Crippen molar-refractivity contribution in [2.45, 2.75) is 6.92 Å². The summed E-state index contributed by atoms with van der Waals surface area (Å²) in [5.74, 6) is -0.998. The van der Waals surface area contributed by atoms with Crippen molar-refractivity contribution in [3.05, 3.63) is 35.8 Å². The molecule has 0 saturated carbocycles. The number of carboxylic acids is 1. The van der Waals surface area contributed by atoms with Crippen molar-refractivity contribution in [2.24, 2.45) is 0 Å². The number of nitrogens with one attached hydrogen (secondary N) is 1. The Bertz CT molecular complexity index is 505. The van der Waals surface area contributed by atoms with E-state index in [1.54, 1.807) is 12.4 Å². The maximum absolute atomic E-state index is 10.9. The number of aromatic amines is 1. The van der Waals surface area contributed by atoms with E-state index in [9.17, 15) is 4.79 Å². The number of hydrogen-bond acceptors (Lipinski definition) is 3. The van der Waals surface area contributed by atoms with Crippen LogP contribution in [-0.2, 0) is 0 Å². The monoisotopic (exact) mass is 203 g/mol. The Balaban J connectivity index is 2.59. The van der Waals surface area contributed by atoms with Gasteiger partial charge in [-0.3, -0.25) is 10.1 Å². The number of rotatable bonds is 2. The number of pyridine rings is 1. The first-order chi connectivity index (χ1) is 7.20. The van der Waals surface area contributed by atoms with E-state index in [2.05, 4.69) is 15.2 Å². The lowest BCUT2D eigenvalue weighted by Crippen LogP contribution is -1.97. The van der Waals surface area contributed by atoms with E-state index >= 15 is 0 Å². The lowest BCUT2D eigenvalue weighted by molar-refractivity contribution is 0.0698. The molecule has 0 radical (unpaired) electrons. The number of carbonyl (C=O) groups is 1. The number of hydrogen-bond donors (Lipinski definition) is 2. The minimum atomic E-state index is -0.998. The highest BCUT2D eigenvalue weighted by atomic mass is 16.4. The van der Waals surface area contributed by atoms with Gasteiger partial charge in [0.05, 0.1) is 11.9 Å². The number of aromatic nitrogens is 3. The second-order valence-electron chi connectivity index (χ2n) is 3.15. The van der Waals surface area contributed by atoms with E-state index in [1.165, 1.54) is 6.20 Å². The molecule has 2 aromatic rings. The molecule has 0 aromatic carbocycles. The zero-order valence-electron chi connectivity index (χ0n) is 8.06. The molecule has 0 aliphatic heterocycles. The highest BCUT2D eigenvalue weighted by Crippen LogP contribution is 2.23. The van der Waals surface area contributed by atoms with E-state index in [1.807, 2.05) is 13.0 Å². The fourth-order valence-electron chi connectivity index (χ4n) is 1.38. The zero-order chi connectivity index (χ0) is 10.8. The molecule has 0 amide bonds. The average molecular weight is 203 g/mol. The van der Waals surface area contributed by atoms with Gasteiger partial charge in [-0.2, -0.15) is 5.10 Å². The Labute approximate surface area is 85.8 Å². The van der Waals surface area contributed by atoms with Gasteiger partial charge >= 0.3 is 5.97 Å². The third kappa shape index (κ3) is 1.59. The predicted octanol–water partition coefficient (Wildman–Crippen LogP) is 1.48. The molecule has 5 heteroatoms. The zero-order valence-corrected chi connectivity index (χ0v) is 8.06. The summed E-state index contributed by atoms with van der Waals surface area (Å²) < 4.78 is 0. The molecule has 0 aliphatic rings. The summed E-state index contributed by atoms with van der Waals surface area (Å²) >= 11 is 0. The molecule has 0 spiro atoms. The van der Waals surface area contributed by atoms with Gasteiger partial charge in [0.25, 0.3) is 0 Å². The van der Waals surface area contributed by atoms with Crippen LogP contribution < -0.4 is 0 Å². The average Bonchev–Trinajstić information content (AvgIpc) is 2.67. The normalized spacial score (nSPS) is 10.2. The topological polar surface area (TPSA) is 78.9 Å². The van der Waals surface area contributed by atoms with Crippen LogP contribution in [0.5, 0.6) is 0 Å². The third-order valence-corrected chi connectivity index (χ3v) is 2.18. The molecule has 5 nitrogen and oxygen atoms in total. The summed E-state index contributed by atoms with van der Waals surface area (Å²) in [5, 5.41) is 15.3. The van der Waals surface area contributed by atoms with Crippen LogP contribution in [-0.4, -0.2) is 26.3 Å². The van der Waals surface area contributed by atoms with Crippen molar-refractivity contribution in [1.29, 1.82) is 0 Å². The second-order valence-corrected chi connectivity index (χ2v) is 3.15. The summed E-state index contributed by atoms with van der Waals surface area (Å²) in [4.78, 5) is 14.8. The SMILES string of the molecule is Cc1ccncc1-c1[nH]ncc1C(=O)O. The van der Waals surface area contributed by atoms with E-state index < -0.39 is 5.97 Å². The van der Waals surface area contributed by atoms with Gasteiger partial charge in [0, 0.05) is 18.0 Å². The van der Waals surface area contributed by atoms with E-state index in [-0.39, 0.29) is 5.56 Å². The van der Waals surface area contributed by atoms with Crippen molar-refractivity contribution in [3.8, 4) is 11.3 Å². The number of H-pyrrole nitrogens is 1. The van der Waals surface area contributed by atoms with Crippen LogP contribution in [0, 0.1) is 6.92 Å². The quantitative estimate of drug-likeness (QED) is 0.774. The third-order valence-electron chi connectivity index (χ3n) is 2.18. The van der Waals surface area contributed by atoms with Crippen LogP contribution in [0.15, 0.2) is 24.7 Å². The highest BCUT2D eigenvalue weighted by molar-refractivity contribution is 5.94. The van der Waals surface area contributed by atoms with Gasteiger partial charge in [0.1, 0.15) is 5.56 Å². The highest BCUT2D eigenvalue weighted by Gasteiger charge is 2.15. The summed E-state index contributed by atoms with van der Waals surface area (Å²) in [6.45, 7) is 1.89. The summed E-state index contributed by atoms with van der Waals surface area (Å²) in [5.41, 5.74) is 2.36. The number of nitrogens with zero attached hydrogens (tertiary/aromatic N) is 2. The molecule has 2 N–H and O–H groups in total. The number of carboxylic acid groups (broad SMARTS) is 1. The van der Waals surface area contributed by atoms with Crippen LogP contribution in [0.1, 0.15) is 15.9 Å². The van der Waals surface area contributed by atoms with E-state index in [0.29, 0.717) is 5.69 Å². The Kier molecular flexibility index (Phi) is 2.21. The lowest BCUT2D eigenvalue weighted by atomic mass is 10.1. The van der Waals surface area contributed by atoms with Crippen LogP contribution in [0.3, 0.4) is 0 Å². The molecular formula is C10H9N3O2. The first-order valence-electron chi connectivity index (χ1n) is 4.38. The molecule has 2 heterocycles. The molecule has 0 saturated heterocycles. The van der Waals surface area contributed by atoms with Gasteiger partial charge in [0.2, 0.25) is 0 Å². The summed E-state index contributed by atoms with van der Waals surface area (Å²) in [6.07, 6.45) is 4.58. The van der Waals surface area contributed by atoms with Crippen molar-refractivity contribution < 1.29 is 9.90 Å². The molecule has 0 aliphatic carbocycles. The van der Waals surface area contributed by atoms with Crippen molar-refractivity contribution in [2.75, 3.05) is 0 Å². The molecule has 0 atom stereocenters. The van der Waals surface area contributed by atoms with Gasteiger partial charge in [-0.1, -0.05) is 0 Å². The fraction of sp³-hybridized carbons (Fsp3) is 0.100. The summed E-state index contributed by atoms with van der Waals surface area (Å²) in [7, 11) is 0. The van der Waals surface area contributed by atoms with Gasteiger partial charge in [-0.25, -0.2) is 4.79 Å². The van der Waals surface area contributed by atoms with Crippen LogP contribution in [0.25, 0.3) is 11.3 Å². The standard InChI is InChI=1S/C10H9N3O2/c1-6-2-3-11-4-7(6)9-8(10(14)15)5-12-13-9/h2-5H,1H3,(H,12,13)(H,14,15). The molecule has 0 unspecified atom stereocenters. The van der Waals surface area contributed by atoms with Crippen molar-refractivity contribution in [3.63, 3.8) is 0 Å². The number of aromatic carboxylic acids is 1. The largest absolute Gasteiger partial charge is 0.478 e. The first kappa shape index (κ1) is 9.39. The van der Waals surface area contributed by atoms with Crippen molar-refractivity contribution >= 4 is 5.97 Å². The minimum absolute atomic E-state index is 0.158. The van der Waals surface area contributed by atoms with E-state index in [4.69, 9.17) is 5.11 Å². The molecule has 15 heavy (non-hydrogen) atoms. The number of aryl methyl sites for hydroxylation is 1. The van der Waals surface area contributed by atoms with Gasteiger partial charge in [-0.05, 0) is 18.6 Å². The summed E-state index contributed by atoms with van der Waals surface area (Å²) in [6, 6.07) is 1.82. The Morgan fingerprint density at radius 2 is 2.27 bits per heavy atom. The predicted molar refractivity (Wildman–Crippen MR) is 53.5 cm³/mol. The van der Waals surface area contributed by atoms with Crippen molar-refractivity contribution in [1.82, 2.24) is 15.2 Å². The second kappa shape index (κ2) is 3.53. The molecule has 0 bridgehead atoms. The molecule has 76 valence electrons. The molecular weight excluding hydrogens is 194 g/mol.